The van der Waals surface area contributed by atoms with E-state index in [1.54, 1.807) is 0 Å². The van der Waals surface area contributed by atoms with Gasteiger partial charge in [-0.05, 0) is 88.8 Å². The molecule has 1 aliphatic rings. The number of hydrogen-bond donors (Lipinski definition) is 1. The van der Waals surface area contributed by atoms with E-state index in [4.69, 9.17) is 14.2 Å². The lowest BCUT2D eigenvalue weighted by atomic mass is 9.96. The van der Waals surface area contributed by atoms with Gasteiger partial charge in [-0.25, -0.2) is 0 Å². The van der Waals surface area contributed by atoms with Crippen LogP contribution in [0.5, 0.6) is 11.5 Å². The number of rotatable bonds is 12. The van der Waals surface area contributed by atoms with Gasteiger partial charge in [-0.1, -0.05) is 19.4 Å². The van der Waals surface area contributed by atoms with Crippen molar-refractivity contribution in [2.24, 2.45) is 0 Å². The van der Waals surface area contributed by atoms with E-state index in [-0.39, 0.29) is 11.5 Å². The Bertz CT molecular complexity index is 934. The molecule has 0 saturated heterocycles. The maximum absolute atomic E-state index is 12.9. The van der Waals surface area contributed by atoms with Gasteiger partial charge in [-0.3, -0.25) is 4.79 Å². The van der Waals surface area contributed by atoms with E-state index in [2.05, 4.69) is 39.1 Å². The summed E-state index contributed by atoms with van der Waals surface area (Å²) in [7, 11) is 0. The minimum atomic E-state index is -0.262. The predicted octanol–water partition coefficient (Wildman–Crippen LogP) is 6.64. The Balaban J connectivity index is 1.49. The minimum Gasteiger partial charge on any atom is -0.494 e. The molecule has 3 rings (SSSR count). The number of amides is 1. The fourth-order valence-electron chi connectivity index (χ4n) is 4.20. The first-order valence-electron chi connectivity index (χ1n) is 12.2. The number of benzene rings is 2. The van der Waals surface area contributed by atoms with Crippen molar-refractivity contribution in [1.82, 2.24) is 0 Å². The highest BCUT2D eigenvalue weighted by molar-refractivity contribution is 6.05. The van der Waals surface area contributed by atoms with Crippen LogP contribution in [0.1, 0.15) is 79.9 Å². The van der Waals surface area contributed by atoms with Crippen LogP contribution in [0.15, 0.2) is 30.3 Å². The van der Waals surface area contributed by atoms with E-state index in [0.717, 1.165) is 74.5 Å². The van der Waals surface area contributed by atoms with Crippen LogP contribution in [0.25, 0.3) is 0 Å². The number of unbranched alkanes of at least 4 members (excludes halogenated alkanes) is 3. The molecule has 33 heavy (non-hydrogen) atoms. The van der Waals surface area contributed by atoms with Crippen LogP contribution in [-0.2, 0) is 11.2 Å². The molecule has 180 valence electrons. The second-order valence-electron chi connectivity index (χ2n) is 9.59. The summed E-state index contributed by atoms with van der Waals surface area (Å²) < 4.78 is 17.5. The van der Waals surface area contributed by atoms with E-state index in [1.165, 1.54) is 11.1 Å². The lowest BCUT2D eigenvalue weighted by Gasteiger charge is -2.19. The molecule has 0 aliphatic carbocycles. The van der Waals surface area contributed by atoms with Crippen molar-refractivity contribution < 1.29 is 19.0 Å². The second-order valence-corrected chi connectivity index (χ2v) is 9.59. The number of nitrogens with one attached hydrogen (secondary N) is 1. The molecule has 1 N–H and O–H groups in total. The van der Waals surface area contributed by atoms with Gasteiger partial charge in [0.15, 0.2) is 0 Å². The van der Waals surface area contributed by atoms with Crippen molar-refractivity contribution in [2.45, 2.75) is 78.7 Å². The van der Waals surface area contributed by atoms with Gasteiger partial charge < -0.3 is 19.5 Å². The molecule has 5 nitrogen and oxygen atoms in total. The molecule has 1 amide bonds. The van der Waals surface area contributed by atoms with Crippen LogP contribution in [0, 0.1) is 13.8 Å². The van der Waals surface area contributed by atoms with E-state index in [0.29, 0.717) is 12.2 Å². The first-order chi connectivity index (χ1) is 15.8. The third kappa shape index (κ3) is 6.97. The highest BCUT2D eigenvalue weighted by Crippen LogP contribution is 2.44. The molecule has 0 spiro atoms. The van der Waals surface area contributed by atoms with E-state index in [9.17, 15) is 4.79 Å². The number of carbonyl (C=O) groups excluding carboxylic acids is 1. The van der Waals surface area contributed by atoms with Gasteiger partial charge in [-0.15, -0.1) is 0 Å². The maximum Gasteiger partial charge on any atom is 0.255 e. The van der Waals surface area contributed by atoms with Crippen LogP contribution in [-0.4, -0.2) is 31.3 Å². The minimum absolute atomic E-state index is 0.144. The van der Waals surface area contributed by atoms with Crippen molar-refractivity contribution >= 4 is 11.6 Å². The summed E-state index contributed by atoms with van der Waals surface area (Å²) in [6, 6.07) is 9.46. The molecule has 0 saturated carbocycles. The molecule has 2 aromatic rings. The lowest BCUT2D eigenvalue weighted by molar-refractivity contribution is 0.102. The zero-order valence-corrected chi connectivity index (χ0v) is 20.9. The second kappa shape index (κ2) is 11.6. The first kappa shape index (κ1) is 25.1. The molecule has 0 fully saturated rings. The monoisotopic (exact) mass is 453 g/mol. The molecule has 1 aliphatic heterocycles. The van der Waals surface area contributed by atoms with Crippen LogP contribution < -0.4 is 14.8 Å². The third-order valence-electron chi connectivity index (χ3n) is 5.94. The van der Waals surface area contributed by atoms with Gasteiger partial charge in [0, 0.05) is 30.8 Å². The largest absolute Gasteiger partial charge is 0.494 e. The molecule has 5 heteroatoms. The third-order valence-corrected chi connectivity index (χ3v) is 5.94. The molecule has 0 radical (unpaired) electrons. The summed E-state index contributed by atoms with van der Waals surface area (Å²) >= 11 is 0. The van der Waals surface area contributed by atoms with Gasteiger partial charge in [-0.2, -0.15) is 0 Å². The maximum atomic E-state index is 12.9. The van der Waals surface area contributed by atoms with E-state index in [1.807, 2.05) is 31.2 Å². The smallest absolute Gasteiger partial charge is 0.255 e. The lowest BCUT2D eigenvalue weighted by Crippen LogP contribution is -2.25. The van der Waals surface area contributed by atoms with Crippen LogP contribution in [0.3, 0.4) is 0 Å². The van der Waals surface area contributed by atoms with Crippen molar-refractivity contribution in [3.8, 4) is 11.5 Å². The van der Waals surface area contributed by atoms with E-state index >= 15 is 0 Å². The van der Waals surface area contributed by atoms with Crippen LogP contribution >= 0.6 is 0 Å². The zero-order chi connectivity index (χ0) is 23.8. The van der Waals surface area contributed by atoms with Gasteiger partial charge in [0.2, 0.25) is 0 Å². The van der Waals surface area contributed by atoms with Crippen LogP contribution in [0.2, 0.25) is 0 Å². The summed E-state index contributed by atoms with van der Waals surface area (Å²) in [4.78, 5) is 12.9. The highest BCUT2D eigenvalue weighted by atomic mass is 16.5. The average molecular weight is 454 g/mol. The van der Waals surface area contributed by atoms with Gasteiger partial charge >= 0.3 is 0 Å². The van der Waals surface area contributed by atoms with Gasteiger partial charge in [0.1, 0.15) is 17.1 Å². The summed E-state index contributed by atoms with van der Waals surface area (Å²) in [5.41, 5.74) is 4.50. The number of aryl methyl sites for hydroxylation is 2. The quantitative estimate of drug-likeness (QED) is 0.366. The molecule has 0 aromatic heterocycles. The van der Waals surface area contributed by atoms with Crippen molar-refractivity contribution in [3.63, 3.8) is 0 Å². The SMILES string of the molecule is CCCOCCCCCCOc1ccc(C(=O)Nc2c(C)cc(C)c3c2OC(C)(C)C3)cc1. The predicted molar refractivity (Wildman–Crippen MR) is 134 cm³/mol. The molecule has 0 unspecified atom stereocenters. The Labute approximate surface area is 198 Å². The van der Waals surface area contributed by atoms with E-state index < -0.39 is 0 Å². The molecule has 0 bridgehead atoms. The number of carbonyl (C=O) groups is 1. The molecule has 2 aromatic carbocycles. The topological polar surface area (TPSA) is 56.8 Å². The Morgan fingerprint density at radius 3 is 2.39 bits per heavy atom. The number of fused-ring (bicyclic) bond motifs is 1. The van der Waals surface area contributed by atoms with Crippen molar-refractivity contribution in [1.29, 1.82) is 0 Å². The Kier molecular flexibility index (Phi) is 8.79. The normalized spacial score (nSPS) is 14.0. The summed E-state index contributed by atoms with van der Waals surface area (Å²) in [6.07, 6.45) is 6.34. The standard InChI is InChI=1S/C28H39NO4/c1-6-15-31-16-9-7-8-10-17-32-23-13-11-22(12-14-23)27(30)29-25-21(3)18-20(2)24-19-28(4,5)33-26(24)25/h11-14,18H,6-10,15-17,19H2,1-5H3,(H,29,30). The van der Waals surface area contributed by atoms with Crippen molar-refractivity contribution in [3.05, 3.63) is 52.6 Å². The fourth-order valence-corrected chi connectivity index (χ4v) is 4.20. The average Bonchev–Trinajstić information content (AvgIpc) is 3.11. The molecular weight excluding hydrogens is 414 g/mol. The van der Waals surface area contributed by atoms with Gasteiger partial charge in [0.05, 0.1) is 12.3 Å². The summed E-state index contributed by atoms with van der Waals surface area (Å²) in [5, 5.41) is 3.08. The summed E-state index contributed by atoms with van der Waals surface area (Å²) in [6.45, 7) is 12.8. The van der Waals surface area contributed by atoms with Crippen LogP contribution in [0.4, 0.5) is 5.69 Å². The Morgan fingerprint density at radius 2 is 1.70 bits per heavy atom. The fraction of sp³-hybridized carbons (Fsp3) is 0.536. The number of hydrogen-bond acceptors (Lipinski definition) is 4. The Hall–Kier alpha value is -2.53. The summed E-state index contributed by atoms with van der Waals surface area (Å²) in [5.74, 6) is 1.45. The number of anilines is 1. The Morgan fingerprint density at radius 1 is 1.00 bits per heavy atom. The highest BCUT2D eigenvalue weighted by Gasteiger charge is 2.34. The molecular formula is C28H39NO4. The zero-order valence-electron chi connectivity index (χ0n) is 20.9. The van der Waals surface area contributed by atoms with Crippen molar-refractivity contribution in [2.75, 3.05) is 25.1 Å². The molecule has 0 atom stereocenters. The van der Waals surface area contributed by atoms with Gasteiger partial charge in [0.25, 0.3) is 5.91 Å². The first-order valence-corrected chi connectivity index (χ1v) is 12.2. The number of ether oxygens (including phenoxy) is 3. The molecule has 1 heterocycles.